The summed E-state index contributed by atoms with van der Waals surface area (Å²) >= 11 is 0. The van der Waals surface area contributed by atoms with E-state index in [4.69, 9.17) is 9.15 Å². The summed E-state index contributed by atoms with van der Waals surface area (Å²) in [5, 5.41) is 10.1. The van der Waals surface area contributed by atoms with Gasteiger partial charge in [-0.2, -0.15) is 25.3 Å². The van der Waals surface area contributed by atoms with E-state index in [1.54, 1.807) is 18.2 Å². The molecule has 298 valence electrons. The zero-order valence-electron chi connectivity index (χ0n) is 31.2. The molecule has 2 heterocycles. The second kappa shape index (κ2) is 17.2. The van der Waals surface area contributed by atoms with Gasteiger partial charge >= 0.3 is 0 Å². The van der Waals surface area contributed by atoms with E-state index in [9.17, 15) is 44.0 Å². The van der Waals surface area contributed by atoms with Gasteiger partial charge in [0.25, 0.3) is 30.4 Å². The lowest BCUT2D eigenvalue weighted by Crippen LogP contribution is -2.31. The molecule has 1 aromatic rings. The Morgan fingerprint density at radius 1 is 0.926 bits per heavy atom. The number of anilines is 1. The zero-order valence-corrected chi connectivity index (χ0v) is 33.7. The van der Waals surface area contributed by atoms with Crippen LogP contribution in [0.3, 0.4) is 0 Å². The van der Waals surface area contributed by atoms with Crippen LogP contribution in [-0.4, -0.2) is 95.0 Å². The number of allylic oxidation sites excluding steroid dienone is 3. The Kier molecular flexibility index (Phi) is 13.8. The Morgan fingerprint density at radius 3 is 2.22 bits per heavy atom. The molecule has 1 aliphatic carbocycles. The van der Waals surface area contributed by atoms with Crippen LogP contribution in [0.4, 0.5) is 5.69 Å². The maximum absolute atomic E-state index is 12.2. The second-order valence-corrected chi connectivity index (χ2v) is 19.1. The first-order valence-electron chi connectivity index (χ1n) is 17.6. The zero-order chi connectivity index (χ0) is 40.1. The van der Waals surface area contributed by atoms with Crippen molar-refractivity contribution in [3.8, 4) is 11.3 Å². The van der Waals surface area contributed by atoms with Gasteiger partial charge in [0.1, 0.15) is 24.6 Å². The van der Waals surface area contributed by atoms with Crippen LogP contribution in [-0.2, 0) is 45.9 Å². The van der Waals surface area contributed by atoms with Crippen LogP contribution in [0, 0.1) is 0 Å². The van der Waals surface area contributed by atoms with Gasteiger partial charge in [0.15, 0.2) is 0 Å². The molecule has 2 aliphatic heterocycles. The SMILES string of the molecule is CC[N+](CCCS(=O)(=O)O)=c1ccc2c(C(C)(C)C)cc(C=CC=C3N(CCOCCO)c4ccc(S(=O)(=O)O)cc4C3(C)CCCS(=O)(=O)O)oc-2c1. The summed E-state index contributed by atoms with van der Waals surface area (Å²) in [6, 6.07) is 12.0. The van der Waals surface area contributed by atoms with E-state index >= 15 is 0 Å². The van der Waals surface area contributed by atoms with Crippen molar-refractivity contribution in [2.45, 2.75) is 69.6 Å². The van der Waals surface area contributed by atoms with Crippen molar-refractivity contribution in [1.29, 1.82) is 0 Å². The molecule has 4 N–H and O–H groups in total. The first-order valence-corrected chi connectivity index (χ1v) is 22.3. The summed E-state index contributed by atoms with van der Waals surface area (Å²) in [6.07, 6.45) is 5.87. The minimum Gasteiger partial charge on any atom is -0.456 e. The molecule has 54 heavy (non-hydrogen) atoms. The molecule has 1 atom stereocenters. The van der Waals surface area contributed by atoms with E-state index in [1.807, 2.05) is 53.7 Å². The number of fused-ring (bicyclic) bond motifs is 2. The predicted octanol–water partition coefficient (Wildman–Crippen LogP) is 4.35. The molecule has 0 aromatic heterocycles. The summed E-state index contributed by atoms with van der Waals surface area (Å²) in [4.78, 5) is 1.60. The van der Waals surface area contributed by atoms with Crippen molar-refractivity contribution in [2.24, 2.45) is 0 Å². The summed E-state index contributed by atoms with van der Waals surface area (Å²) in [5.74, 6) is 0.261. The van der Waals surface area contributed by atoms with Gasteiger partial charge in [-0.3, -0.25) is 13.7 Å². The van der Waals surface area contributed by atoms with Gasteiger partial charge in [0.2, 0.25) is 5.36 Å². The Hall–Kier alpha value is -3.42. The fraction of sp³-hybridized carbons (Fsp3) is 0.486. The summed E-state index contributed by atoms with van der Waals surface area (Å²) in [6.45, 7) is 11.5. The molecule has 0 fully saturated rings. The standard InChI is InChI=1S/C37H50N2O12S3/c1-6-38(17-9-23-53(44,45)46)27-12-14-30-31(36(2,3)4)25-28(51-34(30)24-27)10-7-11-35-37(5,16-8-22-52(41,42)43)32-26-29(54(47,48)49)13-15-33(32)39(35)18-20-50-21-19-40/h7,10-15,24-26,40H,6,8-9,16-23H2,1-5H3,(H2-,41,42,43,44,45,46,47,48,49)/p+1. The molecular weight excluding hydrogens is 761 g/mol. The third kappa shape index (κ3) is 11.1. The molecule has 14 nitrogen and oxygen atoms in total. The van der Waals surface area contributed by atoms with Crippen molar-refractivity contribution in [1.82, 2.24) is 4.58 Å². The molecule has 0 saturated carbocycles. The molecule has 0 amide bonds. The van der Waals surface area contributed by atoms with Crippen LogP contribution in [0.25, 0.3) is 17.4 Å². The Labute approximate surface area is 318 Å². The molecule has 0 radical (unpaired) electrons. The Balaban J connectivity index is 1.86. The fourth-order valence-corrected chi connectivity index (χ4v) is 8.37. The third-order valence-corrected chi connectivity index (χ3v) is 11.9. The quantitative estimate of drug-likeness (QED) is 0.0850. The molecule has 0 saturated heterocycles. The minimum atomic E-state index is -4.58. The highest BCUT2D eigenvalue weighted by Gasteiger charge is 2.43. The van der Waals surface area contributed by atoms with Crippen molar-refractivity contribution >= 4 is 42.1 Å². The summed E-state index contributed by atoms with van der Waals surface area (Å²) in [7, 11) is -12.9. The normalized spacial score (nSPS) is 18.2. The maximum atomic E-state index is 12.2. The van der Waals surface area contributed by atoms with Crippen LogP contribution < -0.4 is 14.8 Å². The van der Waals surface area contributed by atoms with E-state index in [2.05, 4.69) is 20.8 Å². The van der Waals surface area contributed by atoms with Gasteiger partial charge < -0.3 is 19.2 Å². The Morgan fingerprint density at radius 2 is 1.61 bits per heavy atom. The summed E-state index contributed by atoms with van der Waals surface area (Å²) in [5.41, 5.74) is 2.48. The maximum Gasteiger partial charge on any atom is 0.294 e. The number of hydrogen-bond acceptors (Lipinski definition) is 10. The molecule has 1 unspecified atom stereocenters. The lowest BCUT2D eigenvalue weighted by atomic mass is 9.77. The van der Waals surface area contributed by atoms with Gasteiger partial charge in [0.05, 0.1) is 42.3 Å². The van der Waals surface area contributed by atoms with Gasteiger partial charge in [0, 0.05) is 41.4 Å². The van der Waals surface area contributed by atoms with E-state index in [-0.39, 0.29) is 55.1 Å². The van der Waals surface area contributed by atoms with Crippen molar-refractivity contribution < 1.29 is 53.2 Å². The van der Waals surface area contributed by atoms with Gasteiger partial charge in [-0.25, -0.2) is 4.58 Å². The van der Waals surface area contributed by atoms with Crippen LogP contribution >= 0.6 is 0 Å². The molecule has 0 spiro atoms. The first-order chi connectivity index (χ1) is 25.1. The van der Waals surface area contributed by atoms with Crippen molar-refractivity contribution in [3.63, 3.8) is 0 Å². The minimum absolute atomic E-state index is 0.0443. The lowest BCUT2D eigenvalue weighted by Gasteiger charge is -2.30. The molecule has 3 aliphatic rings. The van der Waals surface area contributed by atoms with Crippen LogP contribution in [0.2, 0.25) is 0 Å². The predicted molar refractivity (Wildman–Crippen MR) is 207 cm³/mol. The number of nitrogens with zero attached hydrogens (tertiary/aromatic N) is 2. The van der Waals surface area contributed by atoms with E-state index in [0.717, 1.165) is 16.5 Å². The van der Waals surface area contributed by atoms with E-state index in [0.29, 0.717) is 48.1 Å². The second-order valence-electron chi connectivity index (χ2n) is 14.5. The lowest BCUT2D eigenvalue weighted by molar-refractivity contribution is 0.0971. The van der Waals surface area contributed by atoms with Gasteiger partial charge in [-0.05, 0) is 85.7 Å². The molecule has 4 rings (SSSR count). The highest BCUT2D eigenvalue weighted by Crippen LogP contribution is 2.51. The van der Waals surface area contributed by atoms with E-state index < -0.39 is 41.5 Å². The van der Waals surface area contributed by atoms with Crippen molar-refractivity contribution in [2.75, 3.05) is 55.9 Å². The molecule has 0 bridgehead atoms. The van der Waals surface area contributed by atoms with E-state index in [1.165, 1.54) is 12.1 Å². The van der Waals surface area contributed by atoms with Crippen LogP contribution in [0.15, 0.2) is 69.6 Å². The average Bonchev–Trinajstić information content (AvgIpc) is 3.28. The third-order valence-electron chi connectivity index (χ3n) is 9.45. The molecular formula is C37H51N2O12S3+. The highest BCUT2D eigenvalue weighted by molar-refractivity contribution is 7.86. The number of hydrogen-bond donors (Lipinski definition) is 4. The molecule has 17 heteroatoms. The van der Waals surface area contributed by atoms with Crippen LogP contribution in [0.1, 0.15) is 70.8 Å². The number of benzene rings is 2. The smallest absolute Gasteiger partial charge is 0.294 e. The number of ether oxygens (including phenoxy) is 1. The van der Waals surface area contributed by atoms with Gasteiger partial charge in [-0.1, -0.05) is 26.8 Å². The molecule has 1 aromatic carbocycles. The number of aliphatic hydroxyl groups excluding tert-OH is 1. The van der Waals surface area contributed by atoms with Crippen molar-refractivity contribution in [3.05, 3.63) is 82.6 Å². The number of rotatable bonds is 17. The first kappa shape index (κ1) is 43.3. The average molecular weight is 812 g/mol. The fourth-order valence-electron chi connectivity index (χ4n) is 6.86. The number of aliphatic hydroxyl groups is 1. The summed E-state index contributed by atoms with van der Waals surface area (Å²) < 4.78 is 113. The Bertz CT molecular complexity index is 2250. The topological polar surface area (TPSA) is 212 Å². The van der Waals surface area contributed by atoms with Gasteiger partial charge in [-0.15, -0.1) is 0 Å². The monoisotopic (exact) mass is 811 g/mol. The largest absolute Gasteiger partial charge is 0.456 e. The highest BCUT2D eigenvalue weighted by atomic mass is 32.2. The van der Waals surface area contributed by atoms with Crippen LogP contribution in [0.5, 0.6) is 0 Å².